The van der Waals surface area contributed by atoms with Gasteiger partial charge in [0.1, 0.15) is 6.54 Å². The molecule has 6 heteroatoms. The highest BCUT2D eigenvalue weighted by atomic mass is 32.2. The van der Waals surface area contributed by atoms with Crippen LogP contribution in [0.5, 0.6) is 0 Å². The number of aryl methyl sites for hydroxylation is 2. The maximum Gasteiger partial charge on any atom is 0.240 e. The van der Waals surface area contributed by atoms with Crippen LogP contribution < -0.4 is 9.62 Å². The second-order valence-electron chi connectivity index (χ2n) is 7.38. The normalized spacial score (nSPS) is 12.4. The van der Waals surface area contributed by atoms with Gasteiger partial charge in [-0.2, -0.15) is 0 Å². The van der Waals surface area contributed by atoms with Gasteiger partial charge in [-0.25, -0.2) is 8.42 Å². The third-order valence-corrected chi connectivity index (χ3v) is 5.86. The molecule has 0 aliphatic carbocycles. The van der Waals surface area contributed by atoms with Crippen LogP contribution >= 0.6 is 0 Å². The highest BCUT2D eigenvalue weighted by Gasteiger charge is 2.21. The Morgan fingerprint density at radius 3 is 2.21 bits per heavy atom. The van der Waals surface area contributed by atoms with Gasteiger partial charge in [-0.3, -0.25) is 9.10 Å². The largest absolute Gasteiger partial charge is 0.354 e. The van der Waals surface area contributed by atoms with Gasteiger partial charge in [0.05, 0.1) is 11.9 Å². The van der Waals surface area contributed by atoms with Gasteiger partial charge >= 0.3 is 0 Å². The summed E-state index contributed by atoms with van der Waals surface area (Å²) in [5, 5.41) is 2.91. The predicted octanol–water partition coefficient (Wildman–Crippen LogP) is 3.45. The minimum Gasteiger partial charge on any atom is -0.354 e. The summed E-state index contributed by atoms with van der Waals surface area (Å²) in [5.41, 5.74) is 3.67. The standard InChI is InChI=1S/C22H30N2O3S/c1-5-19(14-20-9-7-6-8-10-20)15-23-22(25)16-24(28(4,26)27)21-12-17(2)11-18(3)13-21/h6-13,19H,5,14-16H2,1-4H3,(H,23,25). The summed E-state index contributed by atoms with van der Waals surface area (Å²) in [6.07, 6.45) is 2.94. The summed E-state index contributed by atoms with van der Waals surface area (Å²) in [6, 6.07) is 15.7. The van der Waals surface area contributed by atoms with Crippen LogP contribution in [-0.4, -0.2) is 33.7 Å². The van der Waals surface area contributed by atoms with Gasteiger partial charge in [0, 0.05) is 6.54 Å². The number of nitrogens with zero attached hydrogens (tertiary/aromatic N) is 1. The highest BCUT2D eigenvalue weighted by molar-refractivity contribution is 7.92. The van der Waals surface area contributed by atoms with Crippen molar-refractivity contribution in [1.82, 2.24) is 5.32 Å². The second-order valence-corrected chi connectivity index (χ2v) is 9.29. The molecule has 0 heterocycles. The van der Waals surface area contributed by atoms with E-state index in [9.17, 15) is 13.2 Å². The first kappa shape index (κ1) is 22.0. The summed E-state index contributed by atoms with van der Waals surface area (Å²) in [4.78, 5) is 12.5. The maximum absolute atomic E-state index is 12.5. The SMILES string of the molecule is CCC(CNC(=O)CN(c1cc(C)cc(C)c1)S(C)(=O)=O)Cc1ccccc1. The van der Waals surface area contributed by atoms with Gasteiger partial charge in [0.15, 0.2) is 0 Å². The predicted molar refractivity (Wildman–Crippen MR) is 115 cm³/mol. The summed E-state index contributed by atoms with van der Waals surface area (Å²) in [7, 11) is -3.57. The monoisotopic (exact) mass is 402 g/mol. The van der Waals surface area contributed by atoms with Gasteiger partial charge in [-0.05, 0) is 55.0 Å². The Bertz CT molecular complexity index is 875. The summed E-state index contributed by atoms with van der Waals surface area (Å²) in [6.45, 7) is 6.22. The van der Waals surface area contributed by atoms with E-state index >= 15 is 0 Å². The molecule has 5 nitrogen and oxygen atoms in total. The van der Waals surface area contributed by atoms with Crippen LogP contribution in [-0.2, 0) is 21.2 Å². The van der Waals surface area contributed by atoms with Crippen molar-refractivity contribution < 1.29 is 13.2 Å². The van der Waals surface area contributed by atoms with E-state index in [-0.39, 0.29) is 12.5 Å². The van der Waals surface area contributed by atoms with Gasteiger partial charge in [-0.15, -0.1) is 0 Å². The number of benzene rings is 2. The lowest BCUT2D eigenvalue weighted by Crippen LogP contribution is -2.42. The molecule has 1 unspecified atom stereocenters. The van der Waals surface area contributed by atoms with Crippen molar-refractivity contribution in [1.29, 1.82) is 0 Å². The van der Waals surface area contributed by atoms with Crippen molar-refractivity contribution in [2.75, 3.05) is 23.7 Å². The molecule has 0 aliphatic heterocycles. The lowest BCUT2D eigenvalue weighted by Gasteiger charge is -2.23. The van der Waals surface area contributed by atoms with Crippen molar-refractivity contribution in [3.63, 3.8) is 0 Å². The van der Waals surface area contributed by atoms with Crippen LogP contribution in [0.4, 0.5) is 5.69 Å². The van der Waals surface area contributed by atoms with E-state index in [0.717, 1.165) is 30.2 Å². The number of hydrogen-bond acceptors (Lipinski definition) is 3. The topological polar surface area (TPSA) is 66.5 Å². The number of sulfonamides is 1. The molecule has 0 bridgehead atoms. The van der Waals surface area contributed by atoms with Crippen molar-refractivity contribution in [3.8, 4) is 0 Å². The number of hydrogen-bond donors (Lipinski definition) is 1. The minimum atomic E-state index is -3.57. The Morgan fingerprint density at radius 2 is 1.68 bits per heavy atom. The molecule has 0 radical (unpaired) electrons. The fraction of sp³-hybridized carbons (Fsp3) is 0.409. The molecule has 28 heavy (non-hydrogen) atoms. The summed E-state index contributed by atoms with van der Waals surface area (Å²) in [5.74, 6) is 0.00958. The van der Waals surface area contributed by atoms with E-state index in [4.69, 9.17) is 0 Å². The van der Waals surface area contributed by atoms with Gasteiger partial charge in [0.25, 0.3) is 0 Å². The fourth-order valence-corrected chi connectivity index (χ4v) is 4.09. The van der Waals surface area contributed by atoms with E-state index in [2.05, 4.69) is 24.4 Å². The number of nitrogens with one attached hydrogen (secondary N) is 1. The lowest BCUT2D eigenvalue weighted by atomic mass is 9.97. The van der Waals surface area contributed by atoms with Gasteiger partial charge in [-0.1, -0.05) is 49.7 Å². The van der Waals surface area contributed by atoms with E-state index in [1.807, 2.05) is 38.1 Å². The molecule has 0 aromatic heterocycles. The fourth-order valence-electron chi connectivity index (χ4n) is 3.25. The molecule has 2 rings (SSSR count). The van der Waals surface area contributed by atoms with Crippen LogP contribution in [0.25, 0.3) is 0 Å². The maximum atomic E-state index is 12.5. The van der Waals surface area contributed by atoms with Crippen LogP contribution in [0.2, 0.25) is 0 Å². The van der Waals surface area contributed by atoms with E-state index in [1.54, 1.807) is 12.1 Å². The van der Waals surface area contributed by atoms with Crippen LogP contribution in [0, 0.1) is 19.8 Å². The molecule has 1 N–H and O–H groups in total. The molecule has 0 aliphatic rings. The molecule has 152 valence electrons. The van der Waals surface area contributed by atoms with Crippen molar-refractivity contribution >= 4 is 21.6 Å². The zero-order valence-corrected chi connectivity index (χ0v) is 17.9. The van der Waals surface area contributed by atoms with Gasteiger partial charge < -0.3 is 5.32 Å². The zero-order chi connectivity index (χ0) is 20.7. The minimum absolute atomic E-state index is 0.219. The molecule has 2 aromatic carbocycles. The Hall–Kier alpha value is -2.34. The summed E-state index contributed by atoms with van der Waals surface area (Å²) >= 11 is 0. The first-order valence-corrected chi connectivity index (χ1v) is 11.4. The number of rotatable bonds is 9. The quantitative estimate of drug-likeness (QED) is 0.699. The van der Waals surface area contributed by atoms with Gasteiger partial charge in [0.2, 0.25) is 15.9 Å². The summed E-state index contributed by atoms with van der Waals surface area (Å²) < 4.78 is 25.7. The lowest BCUT2D eigenvalue weighted by molar-refractivity contribution is -0.119. The first-order valence-electron chi connectivity index (χ1n) is 9.55. The molecular formula is C22H30N2O3S. The average molecular weight is 403 g/mol. The highest BCUT2D eigenvalue weighted by Crippen LogP contribution is 2.21. The first-order chi connectivity index (χ1) is 13.2. The number of amides is 1. The van der Waals surface area contributed by atoms with Crippen LogP contribution in [0.15, 0.2) is 48.5 Å². The Kier molecular flexibility index (Phi) is 7.63. The van der Waals surface area contributed by atoms with Crippen molar-refractivity contribution in [3.05, 3.63) is 65.2 Å². The molecule has 0 fully saturated rings. The smallest absolute Gasteiger partial charge is 0.240 e. The van der Waals surface area contributed by atoms with Crippen LogP contribution in [0.3, 0.4) is 0 Å². The molecule has 2 aromatic rings. The Labute approximate surface area is 168 Å². The Balaban J connectivity index is 2.03. The number of carbonyl (C=O) groups is 1. The van der Waals surface area contributed by atoms with E-state index in [1.165, 1.54) is 9.87 Å². The molecule has 0 saturated carbocycles. The van der Waals surface area contributed by atoms with Crippen LogP contribution in [0.1, 0.15) is 30.0 Å². The third kappa shape index (κ3) is 6.68. The molecule has 0 saturated heterocycles. The molecular weight excluding hydrogens is 372 g/mol. The van der Waals surface area contributed by atoms with E-state index in [0.29, 0.717) is 18.2 Å². The number of anilines is 1. The molecule has 1 amide bonds. The van der Waals surface area contributed by atoms with Crippen molar-refractivity contribution in [2.24, 2.45) is 5.92 Å². The molecule has 1 atom stereocenters. The average Bonchev–Trinajstić information content (AvgIpc) is 2.62. The third-order valence-electron chi connectivity index (χ3n) is 4.71. The number of carbonyl (C=O) groups excluding carboxylic acids is 1. The second kappa shape index (κ2) is 9.73. The van der Waals surface area contributed by atoms with Crippen molar-refractivity contribution in [2.45, 2.75) is 33.6 Å². The zero-order valence-electron chi connectivity index (χ0n) is 17.1. The van der Waals surface area contributed by atoms with E-state index < -0.39 is 10.0 Å². The Morgan fingerprint density at radius 1 is 1.07 bits per heavy atom. The molecule has 0 spiro atoms.